The quantitative estimate of drug-likeness (QED) is 0.512. The van der Waals surface area contributed by atoms with Gasteiger partial charge in [0.15, 0.2) is 0 Å². The highest BCUT2D eigenvalue weighted by Gasteiger charge is 2.38. The van der Waals surface area contributed by atoms with E-state index in [1.54, 1.807) is 5.92 Å². The van der Waals surface area contributed by atoms with E-state index < -0.39 is 0 Å². The fourth-order valence-corrected chi connectivity index (χ4v) is 2.37. The molecule has 0 aliphatic heterocycles. The predicted molar refractivity (Wildman–Crippen MR) is 70.9 cm³/mol. The van der Waals surface area contributed by atoms with Gasteiger partial charge >= 0.3 is 0 Å². The van der Waals surface area contributed by atoms with Gasteiger partial charge in [-0.15, -0.1) is 0 Å². The van der Waals surface area contributed by atoms with Crippen LogP contribution in [0.15, 0.2) is 0 Å². The van der Waals surface area contributed by atoms with Crippen molar-refractivity contribution in [2.75, 3.05) is 0 Å². The topological polar surface area (TPSA) is 0 Å². The first-order valence-electron chi connectivity index (χ1n) is 6.68. The minimum Gasteiger partial charge on any atom is -0.0654 e. The van der Waals surface area contributed by atoms with Crippen LogP contribution in [0.3, 0.4) is 0 Å². The molecule has 1 radical (unpaired) electrons. The van der Waals surface area contributed by atoms with Crippen molar-refractivity contribution < 1.29 is 0 Å². The van der Waals surface area contributed by atoms with Gasteiger partial charge in [-0.25, -0.2) is 0 Å². The maximum Gasteiger partial charge on any atom is -0.0129 e. The van der Waals surface area contributed by atoms with Gasteiger partial charge in [-0.05, 0) is 23.2 Å². The Kier molecular flexibility index (Phi) is 5.92. The Morgan fingerprint density at radius 3 is 1.47 bits per heavy atom. The minimum absolute atomic E-state index is 0.411. The Hall–Kier alpha value is 0. The van der Waals surface area contributed by atoms with Crippen LogP contribution in [-0.2, 0) is 0 Å². The van der Waals surface area contributed by atoms with E-state index in [2.05, 4.69) is 48.5 Å². The summed E-state index contributed by atoms with van der Waals surface area (Å²) in [5, 5.41) is 0. The van der Waals surface area contributed by atoms with E-state index >= 15 is 0 Å². The van der Waals surface area contributed by atoms with Crippen LogP contribution in [0, 0.1) is 16.7 Å². The minimum atomic E-state index is 0.411. The highest BCUT2D eigenvalue weighted by Crippen LogP contribution is 2.48. The molecule has 0 heterocycles. The van der Waals surface area contributed by atoms with Crippen LogP contribution in [-0.4, -0.2) is 0 Å². The third-order valence-corrected chi connectivity index (χ3v) is 4.18. The van der Waals surface area contributed by atoms with Gasteiger partial charge in [0.05, 0.1) is 0 Å². The Labute approximate surface area is 97.8 Å². The maximum atomic E-state index is 2.41. The van der Waals surface area contributed by atoms with Crippen LogP contribution in [0.2, 0.25) is 0 Å². The van der Waals surface area contributed by atoms with Gasteiger partial charge in [-0.1, -0.05) is 74.1 Å². The fourth-order valence-electron chi connectivity index (χ4n) is 2.37. The van der Waals surface area contributed by atoms with E-state index in [9.17, 15) is 0 Å². The van der Waals surface area contributed by atoms with E-state index in [1.165, 1.54) is 32.1 Å². The fraction of sp³-hybridized carbons (Fsp3) is 0.933. The first-order chi connectivity index (χ1) is 6.81. The van der Waals surface area contributed by atoms with E-state index in [0.29, 0.717) is 10.8 Å². The number of hydrogen-bond acceptors (Lipinski definition) is 0. The lowest BCUT2D eigenvalue weighted by molar-refractivity contribution is 0.210. The van der Waals surface area contributed by atoms with Gasteiger partial charge in [0.1, 0.15) is 0 Å². The Morgan fingerprint density at radius 2 is 1.20 bits per heavy atom. The molecule has 0 N–H and O–H groups in total. The normalized spacial score (nSPS) is 13.6. The number of rotatable bonds is 7. The summed E-state index contributed by atoms with van der Waals surface area (Å²) in [6.07, 6.45) is 6.49. The van der Waals surface area contributed by atoms with Gasteiger partial charge in [0, 0.05) is 0 Å². The molecule has 0 amide bonds. The molecule has 0 aromatic rings. The Morgan fingerprint density at radius 1 is 0.800 bits per heavy atom. The lowest BCUT2D eigenvalue weighted by Gasteiger charge is -2.44. The Bertz CT molecular complexity index is 149. The molecule has 0 rings (SSSR count). The van der Waals surface area contributed by atoms with Crippen LogP contribution >= 0.6 is 0 Å². The summed E-state index contributed by atoms with van der Waals surface area (Å²) >= 11 is 0. The van der Waals surface area contributed by atoms with Gasteiger partial charge in [0.25, 0.3) is 0 Å². The zero-order valence-electron chi connectivity index (χ0n) is 12.0. The first-order valence-corrected chi connectivity index (χ1v) is 6.68. The number of hydrogen-bond donors (Lipinski definition) is 0. The summed E-state index contributed by atoms with van der Waals surface area (Å²) in [6.45, 7) is 16.6. The maximum absolute atomic E-state index is 2.41. The van der Waals surface area contributed by atoms with Crippen molar-refractivity contribution in [2.24, 2.45) is 10.8 Å². The number of unbranched alkanes of at least 4 members (excludes halogenated alkanes) is 1. The summed E-state index contributed by atoms with van der Waals surface area (Å²) in [5.74, 6) is 1.78. The van der Waals surface area contributed by atoms with Crippen molar-refractivity contribution in [1.82, 2.24) is 0 Å². The molecule has 0 unspecified atom stereocenters. The molecule has 0 spiro atoms. The van der Waals surface area contributed by atoms with Gasteiger partial charge in [0.2, 0.25) is 0 Å². The molecule has 0 fully saturated rings. The van der Waals surface area contributed by atoms with Crippen molar-refractivity contribution in [3.63, 3.8) is 0 Å². The van der Waals surface area contributed by atoms with E-state index in [4.69, 9.17) is 0 Å². The molecule has 0 bridgehead atoms. The second-order valence-corrected chi connectivity index (χ2v) is 6.06. The van der Waals surface area contributed by atoms with Crippen LogP contribution in [0.5, 0.6) is 0 Å². The molecule has 0 nitrogen and oxygen atoms in total. The lowest BCUT2D eigenvalue weighted by Crippen LogP contribution is -2.33. The summed E-state index contributed by atoms with van der Waals surface area (Å²) in [7, 11) is 0. The molecule has 91 valence electrons. The predicted octanol–water partition coefficient (Wildman–Crippen LogP) is 5.62. The average molecular weight is 211 g/mol. The molecular formula is C15H31. The summed E-state index contributed by atoms with van der Waals surface area (Å²) in [5.41, 5.74) is 0.823. The molecule has 0 aliphatic rings. The lowest BCUT2D eigenvalue weighted by atomic mass is 9.61. The first kappa shape index (κ1) is 15.0. The van der Waals surface area contributed by atoms with E-state index in [0.717, 1.165) is 0 Å². The largest absolute Gasteiger partial charge is 0.0654 e. The van der Waals surface area contributed by atoms with Gasteiger partial charge < -0.3 is 0 Å². The zero-order valence-corrected chi connectivity index (χ0v) is 12.0. The summed E-state index contributed by atoms with van der Waals surface area (Å²) in [6, 6.07) is 0. The third-order valence-electron chi connectivity index (χ3n) is 4.18. The molecule has 15 heavy (non-hydrogen) atoms. The second-order valence-electron chi connectivity index (χ2n) is 6.06. The van der Waals surface area contributed by atoms with Gasteiger partial charge in [-0.3, -0.25) is 0 Å². The van der Waals surface area contributed by atoms with Crippen LogP contribution in [0.4, 0.5) is 0 Å². The van der Waals surface area contributed by atoms with Crippen molar-refractivity contribution in [3.05, 3.63) is 5.92 Å². The van der Waals surface area contributed by atoms with Crippen molar-refractivity contribution in [3.8, 4) is 0 Å². The van der Waals surface area contributed by atoms with Crippen LogP contribution < -0.4 is 0 Å². The standard InChI is InChI=1S/C15H31/c1-8-11-12-13(14(4,5)9-2)15(6,7)10-3/h8-12H2,1-7H3. The molecular weight excluding hydrogens is 180 g/mol. The zero-order chi connectivity index (χ0) is 12.1. The molecule has 0 heteroatoms. The smallest absolute Gasteiger partial charge is 0.0129 e. The molecule has 0 saturated heterocycles. The van der Waals surface area contributed by atoms with Crippen molar-refractivity contribution in [1.29, 1.82) is 0 Å². The van der Waals surface area contributed by atoms with Gasteiger partial charge in [-0.2, -0.15) is 0 Å². The van der Waals surface area contributed by atoms with Crippen LogP contribution in [0.25, 0.3) is 0 Å². The van der Waals surface area contributed by atoms with E-state index in [-0.39, 0.29) is 0 Å². The van der Waals surface area contributed by atoms with E-state index in [1.807, 2.05) is 0 Å². The highest BCUT2D eigenvalue weighted by atomic mass is 14.4. The monoisotopic (exact) mass is 211 g/mol. The molecule has 0 atom stereocenters. The van der Waals surface area contributed by atoms with Crippen LogP contribution in [0.1, 0.15) is 80.6 Å². The Balaban J connectivity index is 4.72. The SMILES string of the molecule is CCCC[C](C(C)(C)CC)C(C)(C)CC. The average Bonchev–Trinajstić information content (AvgIpc) is 2.18. The summed E-state index contributed by atoms with van der Waals surface area (Å²) < 4.78 is 0. The second kappa shape index (κ2) is 5.92. The molecule has 0 saturated carbocycles. The third kappa shape index (κ3) is 4.17. The molecule has 0 aromatic heterocycles. The molecule has 0 aromatic carbocycles. The summed E-state index contributed by atoms with van der Waals surface area (Å²) in [4.78, 5) is 0. The highest BCUT2D eigenvalue weighted by molar-refractivity contribution is 5.11. The van der Waals surface area contributed by atoms with Crippen molar-refractivity contribution >= 4 is 0 Å². The van der Waals surface area contributed by atoms with Crippen molar-refractivity contribution in [2.45, 2.75) is 80.6 Å². The molecule has 0 aliphatic carbocycles.